The van der Waals surface area contributed by atoms with Crippen LogP contribution in [0.3, 0.4) is 0 Å². The summed E-state index contributed by atoms with van der Waals surface area (Å²) >= 11 is 0. The molecule has 5 rings (SSSR count). The highest BCUT2D eigenvalue weighted by Crippen LogP contribution is 2.35. The zero-order chi connectivity index (χ0) is 24.4. The number of amides is 1. The fourth-order valence-electron chi connectivity index (χ4n) is 5.35. The molecule has 2 heterocycles. The zero-order valence-electron chi connectivity index (χ0n) is 21.0. The molecule has 35 heavy (non-hydrogen) atoms. The third-order valence-corrected chi connectivity index (χ3v) is 7.67. The molecule has 3 aliphatic rings. The van der Waals surface area contributed by atoms with Gasteiger partial charge in [-0.2, -0.15) is 5.10 Å². The Balaban J connectivity index is 1.26. The van der Waals surface area contributed by atoms with Crippen molar-refractivity contribution in [3.8, 4) is 11.1 Å². The van der Waals surface area contributed by atoms with E-state index in [4.69, 9.17) is 4.99 Å². The first-order chi connectivity index (χ1) is 17.0. The van der Waals surface area contributed by atoms with Gasteiger partial charge in [-0.3, -0.25) is 19.4 Å². The smallest absolute Gasteiger partial charge is 0.270 e. The van der Waals surface area contributed by atoms with Gasteiger partial charge in [-0.1, -0.05) is 19.1 Å². The van der Waals surface area contributed by atoms with Crippen LogP contribution in [-0.2, 0) is 4.79 Å². The van der Waals surface area contributed by atoms with Crippen LogP contribution in [0, 0.1) is 12.8 Å². The van der Waals surface area contributed by atoms with Crippen LogP contribution in [0.4, 0.5) is 4.39 Å². The maximum Gasteiger partial charge on any atom is 0.270 e. The lowest BCUT2D eigenvalue weighted by atomic mass is 9.85. The molecule has 0 atom stereocenters. The summed E-state index contributed by atoms with van der Waals surface area (Å²) in [6, 6.07) is 7.00. The van der Waals surface area contributed by atoms with Crippen LogP contribution < -0.4 is 5.32 Å². The van der Waals surface area contributed by atoms with E-state index in [0.717, 1.165) is 60.9 Å². The predicted octanol–water partition coefficient (Wildman–Crippen LogP) is 4.72. The van der Waals surface area contributed by atoms with Crippen LogP contribution in [0.5, 0.6) is 0 Å². The Morgan fingerprint density at radius 3 is 2.60 bits per heavy atom. The third-order valence-electron chi connectivity index (χ3n) is 7.67. The van der Waals surface area contributed by atoms with Gasteiger partial charge < -0.3 is 5.32 Å². The van der Waals surface area contributed by atoms with Gasteiger partial charge in [-0.25, -0.2) is 4.39 Å². The molecule has 0 bridgehead atoms. The van der Waals surface area contributed by atoms with Gasteiger partial charge in [0.25, 0.3) is 5.91 Å². The van der Waals surface area contributed by atoms with Gasteiger partial charge in [0.05, 0.1) is 12.2 Å². The maximum atomic E-state index is 13.5. The second-order valence-electron chi connectivity index (χ2n) is 10.7. The highest BCUT2D eigenvalue weighted by molar-refractivity contribution is 6.45. The second-order valence-corrected chi connectivity index (χ2v) is 10.7. The standard InChI is InChI=1S/C28H38FN5O/c1-3-12-30-27(28(35)32-24-8-5-20(6-9-24)15-33-17-23(29)18-33)26-13-21(7-4-19(26)2)22-14-31-34(16-22)25-10-11-25/h4,7,13-14,16,20,23-25H,3,5-6,8-12,15,17-18H2,1-2H3,(H,32,35)/b30-27+/t20-,24-. The van der Waals surface area contributed by atoms with Gasteiger partial charge in [0.15, 0.2) is 0 Å². The second kappa shape index (κ2) is 10.6. The lowest BCUT2D eigenvalue weighted by Crippen LogP contribution is -2.51. The Morgan fingerprint density at radius 1 is 1.14 bits per heavy atom. The number of carbonyl (C=O) groups is 1. The summed E-state index contributed by atoms with van der Waals surface area (Å²) in [5.41, 5.74) is 4.64. The molecule has 7 heteroatoms. The molecule has 2 saturated carbocycles. The number of likely N-dealkylation sites (tertiary alicyclic amines) is 1. The van der Waals surface area contributed by atoms with Gasteiger partial charge in [-0.05, 0) is 75.0 Å². The van der Waals surface area contributed by atoms with Gasteiger partial charge in [0.2, 0.25) is 0 Å². The summed E-state index contributed by atoms with van der Waals surface area (Å²) in [4.78, 5) is 20.4. The quantitative estimate of drug-likeness (QED) is 0.530. The SMILES string of the molecule is CCC/N=C(/C(=O)N[C@H]1CC[C@H](CN2CC(F)C2)CC1)c1cc(-c2cnn(C3CC3)c2)ccc1C. The van der Waals surface area contributed by atoms with Crippen LogP contribution in [0.15, 0.2) is 35.6 Å². The Hall–Kier alpha value is -2.54. The molecule has 2 aliphatic carbocycles. The van der Waals surface area contributed by atoms with Gasteiger partial charge in [-0.15, -0.1) is 0 Å². The van der Waals surface area contributed by atoms with E-state index >= 15 is 0 Å². The molecule has 2 aromatic rings. The van der Waals surface area contributed by atoms with Crippen molar-refractivity contribution < 1.29 is 9.18 Å². The lowest BCUT2D eigenvalue weighted by molar-refractivity contribution is -0.115. The van der Waals surface area contributed by atoms with Gasteiger partial charge in [0, 0.05) is 49.5 Å². The number of benzene rings is 1. The minimum absolute atomic E-state index is 0.0705. The van der Waals surface area contributed by atoms with E-state index in [1.54, 1.807) is 0 Å². The summed E-state index contributed by atoms with van der Waals surface area (Å²) < 4.78 is 15.2. The summed E-state index contributed by atoms with van der Waals surface area (Å²) in [5.74, 6) is 0.540. The Bertz CT molecular complexity index is 1060. The Labute approximate surface area is 208 Å². The van der Waals surface area contributed by atoms with E-state index in [2.05, 4.69) is 51.3 Å². The highest BCUT2D eigenvalue weighted by atomic mass is 19.1. The molecule has 1 N–H and O–H groups in total. The number of alkyl halides is 1. The summed E-state index contributed by atoms with van der Waals surface area (Å²) in [6.07, 6.45) is 10.8. The van der Waals surface area contributed by atoms with Crippen molar-refractivity contribution in [3.05, 3.63) is 41.7 Å². The van der Waals surface area contributed by atoms with Crippen molar-refractivity contribution in [3.63, 3.8) is 0 Å². The molecule has 0 radical (unpaired) electrons. The Kier molecular flexibility index (Phi) is 7.32. The van der Waals surface area contributed by atoms with Gasteiger partial charge in [0.1, 0.15) is 11.9 Å². The molecule has 188 valence electrons. The zero-order valence-corrected chi connectivity index (χ0v) is 21.0. The van der Waals surface area contributed by atoms with E-state index in [0.29, 0.717) is 37.3 Å². The molecule has 1 aromatic carbocycles. The number of hydrogen-bond acceptors (Lipinski definition) is 4. The predicted molar refractivity (Wildman–Crippen MR) is 138 cm³/mol. The molecule has 0 unspecified atom stereocenters. The van der Waals surface area contributed by atoms with E-state index in [1.165, 1.54) is 12.8 Å². The fourth-order valence-corrected chi connectivity index (χ4v) is 5.35. The van der Waals surface area contributed by atoms with E-state index in [-0.39, 0.29) is 11.9 Å². The van der Waals surface area contributed by atoms with Crippen molar-refractivity contribution in [1.29, 1.82) is 0 Å². The number of rotatable bonds is 9. The monoisotopic (exact) mass is 479 g/mol. The van der Waals surface area contributed by atoms with Crippen molar-refractivity contribution in [1.82, 2.24) is 20.0 Å². The average Bonchev–Trinajstić information content (AvgIpc) is 3.57. The third kappa shape index (κ3) is 5.83. The number of aromatic nitrogens is 2. The van der Waals surface area contributed by atoms with Crippen LogP contribution in [-0.4, -0.2) is 64.7 Å². The molecule has 1 aliphatic heterocycles. The number of hydrogen-bond donors (Lipinski definition) is 1. The van der Waals surface area contributed by atoms with Crippen molar-refractivity contribution >= 4 is 11.6 Å². The highest BCUT2D eigenvalue weighted by Gasteiger charge is 2.31. The normalized spacial score (nSPS) is 23.8. The number of nitrogens with zero attached hydrogens (tertiary/aromatic N) is 4. The molecule has 1 saturated heterocycles. The molecule has 1 aromatic heterocycles. The first-order valence-electron chi connectivity index (χ1n) is 13.4. The van der Waals surface area contributed by atoms with Crippen molar-refractivity contribution in [2.75, 3.05) is 26.2 Å². The van der Waals surface area contributed by atoms with Crippen molar-refractivity contribution in [2.45, 2.75) is 77.0 Å². The number of aryl methyl sites for hydroxylation is 1. The number of halogens is 1. The van der Waals surface area contributed by atoms with Crippen LogP contribution in [0.25, 0.3) is 11.1 Å². The summed E-state index contributed by atoms with van der Waals surface area (Å²) in [7, 11) is 0. The number of nitrogens with one attached hydrogen (secondary N) is 1. The van der Waals surface area contributed by atoms with E-state index < -0.39 is 6.17 Å². The number of carbonyl (C=O) groups excluding carboxylic acids is 1. The van der Waals surface area contributed by atoms with Gasteiger partial charge >= 0.3 is 0 Å². The minimum atomic E-state index is -0.636. The van der Waals surface area contributed by atoms with E-state index in [9.17, 15) is 9.18 Å². The number of aliphatic imine (C=N–C) groups is 1. The topological polar surface area (TPSA) is 62.5 Å². The van der Waals surface area contributed by atoms with Crippen molar-refractivity contribution in [2.24, 2.45) is 10.9 Å². The lowest BCUT2D eigenvalue weighted by Gasteiger charge is -2.39. The van der Waals surface area contributed by atoms with Crippen LogP contribution >= 0.6 is 0 Å². The first kappa shape index (κ1) is 24.2. The summed E-state index contributed by atoms with van der Waals surface area (Å²) in [5, 5.41) is 7.83. The average molecular weight is 480 g/mol. The fraction of sp³-hybridized carbons (Fsp3) is 0.607. The maximum absolute atomic E-state index is 13.5. The molecular formula is C28H38FN5O. The minimum Gasteiger partial charge on any atom is -0.348 e. The molecule has 1 amide bonds. The molecular weight excluding hydrogens is 441 g/mol. The molecule has 3 fully saturated rings. The molecule has 0 spiro atoms. The molecule has 6 nitrogen and oxygen atoms in total. The van der Waals surface area contributed by atoms with E-state index in [1.807, 2.05) is 13.1 Å². The van der Waals surface area contributed by atoms with Crippen LogP contribution in [0.1, 0.15) is 69.0 Å². The van der Waals surface area contributed by atoms with Crippen LogP contribution in [0.2, 0.25) is 0 Å². The largest absolute Gasteiger partial charge is 0.348 e. The summed E-state index contributed by atoms with van der Waals surface area (Å²) in [6.45, 7) is 6.93. The Morgan fingerprint density at radius 2 is 1.91 bits per heavy atom. The first-order valence-corrected chi connectivity index (χ1v) is 13.4.